The number of hydrogen-bond acceptors (Lipinski definition) is 5. The van der Waals surface area contributed by atoms with Crippen LogP contribution in [0.25, 0.3) is 11.0 Å². The molecule has 1 fully saturated rings. The van der Waals surface area contributed by atoms with E-state index in [2.05, 4.69) is 26.5 Å². The lowest BCUT2D eigenvalue weighted by Crippen LogP contribution is -2.26. The Hall–Kier alpha value is -1.27. The van der Waals surface area contributed by atoms with Crippen molar-refractivity contribution in [2.24, 2.45) is 0 Å². The van der Waals surface area contributed by atoms with Crippen molar-refractivity contribution in [1.82, 2.24) is 20.3 Å². The number of hydrogen-bond donors (Lipinski definition) is 3. The molecule has 2 aromatic heterocycles. The molecule has 0 spiro atoms. The second-order valence-corrected chi connectivity index (χ2v) is 5.59. The Morgan fingerprint density at radius 2 is 2.33 bits per heavy atom. The van der Waals surface area contributed by atoms with Crippen LogP contribution in [0.1, 0.15) is 24.4 Å². The maximum Gasteiger partial charge on any atom is 0.151 e. The average molecular weight is 263 g/mol. The normalized spacial score (nSPS) is 23.8. The summed E-state index contributed by atoms with van der Waals surface area (Å²) in [5.74, 6) is 1.68. The number of nitrogens with one attached hydrogen (secondary N) is 2. The van der Waals surface area contributed by atoms with Crippen LogP contribution < -0.4 is 11.1 Å². The topological polar surface area (TPSA) is 79.6 Å². The van der Waals surface area contributed by atoms with Crippen molar-refractivity contribution in [2.75, 3.05) is 17.7 Å². The van der Waals surface area contributed by atoms with Crippen molar-refractivity contribution in [1.29, 1.82) is 0 Å². The second kappa shape index (κ2) is 4.78. The number of nitrogen functional groups attached to an aromatic ring is 1. The van der Waals surface area contributed by atoms with Gasteiger partial charge in [0, 0.05) is 29.6 Å². The van der Waals surface area contributed by atoms with Crippen molar-refractivity contribution < 1.29 is 0 Å². The van der Waals surface area contributed by atoms with Crippen molar-refractivity contribution in [3.05, 3.63) is 18.1 Å². The van der Waals surface area contributed by atoms with E-state index in [-0.39, 0.29) is 0 Å². The molecule has 0 aliphatic carbocycles. The van der Waals surface area contributed by atoms with Gasteiger partial charge in [0.1, 0.15) is 11.8 Å². The minimum atomic E-state index is 0.380. The number of thioether (sulfide) groups is 1. The van der Waals surface area contributed by atoms with Crippen LogP contribution in [0.4, 0.5) is 5.82 Å². The fraction of sp³-hybridized carbons (Fsp3) is 0.500. The Labute approximate surface area is 110 Å². The van der Waals surface area contributed by atoms with Gasteiger partial charge in [-0.2, -0.15) is 11.8 Å². The van der Waals surface area contributed by atoms with Crippen molar-refractivity contribution in [2.45, 2.75) is 24.9 Å². The van der Waals surface area contributed by atoms with Gasteiger partial charge in [0.05, 0.1) is 5.52 Å². The van der Waals surface area contributed by atoms with E-state index in [9.17, 15) is 0 Å². The molecule has 1 saturated heterocycles. The van der Waals surface area contributed by atoms with Crippen LogP contribution in [0.3, 0.4) is 0 Å². The molecule has 5 nitrogen and oxygen atoms in total. The molecule has 3 heterocycles. The molecule has 96 valence electrons. The molecule has 18 heavy (non-hydrogen) atoms. The third-order valence-corrected chi connectivity index (χ3v) is 4.24. The Morgan fingerprint density at radius 3 is 3.17 bits per heavy atom. The zero-order chi connectivity index (χ0) is 12.5. The molecule has 0 saturated carbocycles. The van der Waals surface area contributed by atoms with Gasteiger partial charge in [0.15, 0.2) is 5.82 Å². The molecule has 0 aromatic carbocycles. The molecule has 3 rings (SSSR count). The van der Waals surface area contributed by atoms with E-state index in [1.165, 1.54) is 18.3 Å². The Morgan fingerprint density at radius 1 is 1.44 bits per heavy atom. The molecule has 4 N–H and O–H groups in total. The fourth-order valence-corrected chi connectivity index (χ4v) is 3.31. The largest absolute Gasteiger partial charge is 0.382 e. The van der Waals surface area contributed by atoms with Gasteiger partial charge in [-0.1, -0.05) is 0 Å². The van der Waals surface area contributed by atoms with Gasteiger partial charge in [-0.3, -0.25) is 0 Å². The van der Waals surface area contributed by atoms with E-state index in [0.717, 1.165) is 23.2 Å². The summed E-state index contributed by atoms with van der Waals surface area (Å²) in [5.41, 5.74) is 8.85. The van der Waals surface area contributed by atoms with Gasteiger partial charge in [-0.15, -0.1) is 0 Å². The first-order valence-corrected chi connectivity index (χ1v) is 7.51. The van der Waals surface area contributed by atoms with Crippen LogP contribution in [0.5, 0.6) is 0 Å². The van der Waals surface area contributed by atoms with E-state index in [1.807, 2.05) is 18.0 Å². The highest BCUT2D eigenvalue weighted by Crippen LogP contribution is 2.32. The molecule has 1 aliphatic heterocycles. The van der Waals surface area contributed by atoms with E-state index < -0.39 is 0 Å². The highest BCUT2D eigenvalue weighted by atomic mass is 32.2. The quantitative estimate of drug-likeness (QED) is 0.785. The number of H-pyrrole nitrogens is 1. The Bertz CT molecular complexity index is 552. The van der Waals surface area contributed by atoms with E-state index in [1.54, 1.807) is 0 Å². The summed E-state index contributed by atoms with van der Waals surface area (Å²) in [6.45, 7) is 0. The minimum Gasteiger partial charge on any atom is -0.382 e. The van der Waals surface area contributed by atoms with Crippen LogP contribution in [0.15, 0.2) is 12.5 Å². The number of rotatable bonds is 3. The van der Waals surface area contributed by atoms with Crippen molar-refractivity contribution in [3.8, 4) is 0 Å². The lowest BCUT2D eigenvalue weighted by atomic mass is 10.1. The number of aromatic nitrogens is 3. The predicted molar refractivity (Wildman–Crippen MR) is 75.6 cm³/mol. The molecular weight excluding hydrogens is 246 g/mol. The zero-order valence-electron chi connectivity index (χ0n) is 10.3. The second-order valence-electron chi connectivity index (χ2n) is 4.68. The molecule has 0 radical (unpaired) electrons. The highest BCUT2D eigenvalue weighted by Gasteiger charge is 2.27. The third kappa shape index (κ3) is 1.95. The van der Waals surface area contributed by atoms with Crippen LogP contribution in [0, 0.1) is 0 Å². The Balaban J connectivity index is 1.89. The van der Waals surface area contributed by atoms with E-state index in [4.69, 9.17) is 5.73 Å². The highest BCUT2D eigenvalue weighted by molar-refractivity contribution is 7.98. The molecular formula is C12H17N5S. The molecule has 1 aliphatic rings. The lowest BCUT2D eigenvalue weighted by molar-refractivity contribution is 0.593. The predicted octanol–water partition coefficient (Wildman–Crippen LogP) is 1.70. The first-order chi connectivity index (χ1) is 8.79. The number of fused-ring (bicyclic) bond motifs is 1. The lowest BCUT2D eigenvalue weighted by Gasteiger charge is -2.12. The smallest absolute Gasteiger partial charge is 0.151 e. The van der Waals surface area contributed by atoms with Crippen molar-refractivity contribution >= 4 is 28.6 Å². The van der Waals surface area contributed by atoms with E-state index in [0.29, 0.717) is 17.9 Å². The van der Waals surface area contributed by atoms with Gasteiger partial charge in [0.25, 0.3) is 0 Å². The summed E-state index contributed by atoms with van der Waals surface area (Å²) in [5, 5.41) is 3.66. The molecule has 2 atom stereocenters. The molecule has 0 unspecified atom stereocenters. The van der Waals surface area contributed by atoms with E-state index >= 15 is 0 Å². The molecule has 0 amide bonds. The maximum atomic E-state index is 5.84. The summed E-state index contributed by atoms with van der Waals surface area (Å²) in [4.78, 5) is 11.5. The summed E-state index contributed by atoms with van der Waals surface area (Å²) in [7, 11) is 0. The maximum absolute atomic E-state index is 5.84. The number of nitrogens with two attached hydrogens (primary N) is 1. The van der Waals surface area contributed by atoms with Crippen LogP contribution in [-0.2, 0) is 0 Å². The molecule has 2 aromatic rings. The van der Waals surface area contributed by atoms with Crippen molar-refractivity contribution in [3.63, 3.8) is 0 Å². The summed E-state index contributed by atoms with van der Waals surface area (Å²) in [6.07, 6.45) is 8.06. The summed E-state index contributed by atoms with van der Waals surface area (Å²) < 4.78 is 0. The Kier molecular flexibility index (Phi) is 3.13. The number of nitrogens with zero attached hydrogens (tertiary/aromatic N) is 2. The number of anilines is 1. The first-order valence-electron chi connectivity index (χ1n) is 6.12. The third-order valence-electron chi connectivity index (χ3n) is 3.51. The first kappa shape index (κ1) is 11.8. The molecule has 0 bridgehead atoms. The van der Waals surface area contributed by atoms with Gasteiger partial charge in [0.2, 0.25) is 0 Å². The standard InChI is InChI=1S/C12H17N5S/c1-18-5-7-2-3-9(17-7)8-4-14-11-10(8)15-6-16-12(11)13/h4,6-7,9,14,17H,2-3,5H2,1H3,(H2,13,15,16)/t7-,9+/m0/s1. The SMILES string of the molecule is CSC[C@@H]1CC[C@H](c2c[nH]c3c(N)ncnc23)N1. The zero-order valence-corrected chi connectivity index (χ0v) is 11.1. The van der Waals surface area contributed by atoms with Gasteiger partial charge >= 0.3 is 0 Å². The van der Waals surface area contributed by atoms with Gasteiger partial charge < -0.3 is 16.0 Å². The summed E-state index contributed by atoms with van der Waals surface area (Å²) in [6, 6.07) is 0.985. The van der Waals surface area contributed by atoms with Crippen LogP contribution >= 0.6 is 11.8 Å². The van der Waals surface area contributed by atoms with Gasteiger partial charge in [-0.05, 0) is 19.1 Å². The monoisotopic (exact) mass is 263 g/mol. The number of aromatic amines is 1. The fourth-order valence-electron chi connectivity index (χ4n) is 2.64. The van der Waals surface area contributed by atoms with Crippen LogP contribution in [0.2, 0.25) is 0 Å². The van der Waals surface area contributed by atoms with Gasteiger partial charge in [-0.25, -0.2) is 9.97 Å². The summed E-state index contributed by atoms with van der Waals surface area (Å²) >= 11 is 1.89. The molecule has 6 heteroatoms. The minimum absolute atomic E-state index is 0.380. The average Bonchev–Trinajstić information content (AvgIpc) is 2.96. The van der Waals surface area contributed by atoms with Crippen LogP contribution in [-0.4, -0.2) is 33.0 Å².